The zero-order valence-electron chi connectivity index (χ0n) is 23.7. The number of hydrogen-bond acceptors (Lipinski definition) is 11. The Bertz CT molecular complexity index is 1170. The van der Waals surface area contributed by atoms with E-state index in [1.807, 2.05) is 44.2 Å². The normalized spacial score (nSPS) is 26.7. The fourth-order valence-electron chi connectivity index (χ4n) is 4.90. The first-order chi connectivity index (χ1) is 18.8. The molecule has 1 fully saturated rings. The summed E-state index contributed by atoms with van der Waals surface area (Å²) in [5.74, 6) is -2.33. The molecule has 3 rings (SSSR count). The summed E-state index contributed by atoms with van der Waals surface area (Å²) >= 11 is 0. The molecule has 0 radical (unpaired) electrons. The van der Waals surface area contributed by atoms with Crippen molar-refractivity contribution in [2.24, 2.45) is 10.4 Å². The molecule has 2 aliphatic rings. The lowest BCUT2D eigenvalue weighted by molar-refractivity contribution is -0.276. The van der Waals surface area contributed by atoms with Gasteiger partial charge in [-0.3, -0.25) is 24.2 Å². The van der Waals surface area contributed by atoms with Gasteiger partial charge in [0, 0.05) is 39.3 Å². The van der Waals surface area contributed by atoms with Crippen molar-refractivity contribution in [2.45, 2.75) is 91.6 Å². The first-order valence-corrected chi connectivity index (χ1v) is 13.1. The molecule has 5 atom stereocenters. The Morgan fingerprint density at radius 1 is 0.975 bits per heavy atom. The van der Waals surface area contributed by atoms with E-state index in [-0.39, 0.29) is 48.9 Å². The number of Topliss-reactive ketones (excluding diaryl/α,β-unsaturated/α-hetero) is 1. The number of ketones is 1. The molecule has 11 heteroatoms. The number of aliphatic imine (C=N–C) groups is 1. The largest absolute Gasteiger partial charge is 0.511 e. The van der Waals surface area contributed by atoms with Crippen molar-refractivity contribution in [2.75, 3.05) is 6.61 Å². The number of aliphatic hydroxyl groups is 1. The van der Waals surface area contributed by atoms with Gasteiger partial charge < -0.3 is 28.8 Å². The van der Waals surface area contributed by atoms with Gasteiger partial charge in [-0.25, -0.2) is 0 Å². The van der Waals surface area contributed by atoms with Crippen LogP contribution in [0.1, 0.15) is 59.9 Å². The van der Waals surface area contributed by atoms with Gasteiger partial charge in [0.25, 0.3) is 0 Å². The average molecular weight is 560 g/mol. The number of aliphatic hydroxyl groups excluding tert-OH is 1. The van der Waals surface area contributed by atoms with Gasteiger partial charge in [-0.1, -0.05) is 44.2 Å². The summed E-state index contributed by atoms with van der Waals surface area (Å²) < 4.78 is 28.5. The van der Waals surface area contributed by atoms with Gasteiger partial charge in [0.05, 0.1) is 12.2 Å². The highest BCUT2D eigenvalue weighted by atomic mass is 16.7. The number of nitrogens with zero attached hydrogens (tertiary/aromatic N) is 1. The van der Waals surface area contributed by atoms with Crippen molar-refractivity contribution in [3.63, 3.8) is 0 Å². The van der Waals surface area contributed by atoms with E-state index in [0.717, 1.165) is 5.56 Å². The molecule has 0 bridgehead atoms. The highest BCUT2D eigenvalue weighted by Gasteiger charge is 2.51. The molecule has 0 saturated carbocycles. The molecule has 1 aliphatic carbocycles. The minimum Gasteiger partial charge on any atom is -0.511 e. The van der Waals surface area contributed by atoms with E-state index in [2.05, 4.69) is 4.99 Å². The van der Waals surface area contributed by atoms with Crippen molar-refractivity contribution in [1.82, 2.24) is 0 Å². The van der Waals surface area contributed by atoms with Crippen LogP contribution < -0.4 is 0 Å². The minimum atomic E-state index is -1.23. The molecule has 1 heterocycles. The van der Waals surface area contributed by atoms with Crippen LogP contribution in [-0.2, 0) is 49.5 Å². The summed E-state index contributed by atoms with van der Waals surface area (Å²) in [4.78, 5) is 53.5. The Labute approximate surface area is 233 Å². The lowest BCUT2D eigenvalue weighted by Crippen LogP contribution is -2.61. The number of carbonyl (C=O) groups is 4. The maximum atomic E-state index is 13.0. The standard InChI is InChI=1S/C29H37NO10/c1-16(24-21(34)12-29(5,6)13-22(24)35)30-25-27(39-19(4)33)26(38-18(3)32)23(15-36-17(2)31)40-28(25)37-14-20-10-8-7-9-11-20/h7-11,23,25-28,34H,12-15H2,1-6H3/t23-,25+,26-,27-,28+/m1/s1. The number of allylic oxidation sites excluding steroid dienone is 2. The fraction of sp³-hybridized carbons (Fsp3) is 0.552. The molecule has 1 aromatic rings. The maximum absolute atomic E-state index is 13.0. The SMILES string of the molecule is CC(=O)OC[C@H]1O[C@H](OCc2ccccc2)[C@@H](N=C(C)C2=C(O)CC(C)(C)CC2=O)[C@@H](OC(C)=O)[C@@H]1OC(C)=O. The smallest absolute Gasteiger partial charge is 0.303 e. The number of rotatable bonds is 9. The third-order valence-electron chi connectivity index (χ3n) is 6.48. The van der Waals surface area contributed by atoms with Gasteiger partial charge in [-0.05, 0) is 17.9 Å². The van der Waals surface area contributed by atoms with Crippen molar-refractivity contribution in [3.05, 3.63) is 47.2 Å². The zero-order valence-corrected chi connectivity index (χ0v) is 23.7. The summed E-state index contributed by atoms with van der Waals surface area (Å²) in [6.07, 6.45) is -4.20. The molecule has 1 aromatic carbocycles. The van der Waals surface area contributed by atoms with E-state index in [1.54, 1.807) is 6.92 Å². The molecule has 0 aromatic heterocycles. The zero-order chi connectivity index (χ0) is 29.6. The second kappa shape index (κ2) is 13.2. The lowest BCUT2D eigenvalue weighted by atomic mass is 9.75. The number of ether oxygens (including phenoxy) is 5. The molecule has 218 valence electrons. The van der Waals surface area contributed by atoms with E-state index >= 15 is 0 Å². The van der Waals surface area contributed by atoms with E-state index in [0.29, 0.717) is 0 Å². The second-order valence-electron chi connectivity index (χ2n) is 10.8. The van der Waals surface area contributed by atoms with Gasteiger partial charge in [0.15, 0.2) is 24.3 Å². The topological polar surface area (TPSA) is 147 Å². The molecular weight excluding hydrogens is 522 g/mol. The number of carbonyl (C=O) groups excluding carboxylic acids is 4. The molecule has 1 N–H and O–H groups in total. The van der Waals surface area contributed by atoms with Gasteiger partial charge in [0.2, 0.25) is 0 Å². The summed E-state index contributed by atoms with van der Waals surface area (Å²) in [7, 11) is 0. The molecule has 40 heavy (non-hydrogen) atoms. The number of esters is 3. The van der Waals surface area contributed by atoms with Crippen LogP contribution in [0.5, 0.6) is 0 Å². The lowest BCUT2D eigenvalue weighted by Gasteiger charge is -2.43. The average Bonchev–Trinajstić information content (AvgIpc) is 2.83. The summed E-state index contributed by atoms with van der Waals surface area (Å²) in [6, 6.07) is 8.11. The van der Waals surface area contributed by atoms with Crippen LogP contribution in [0, 0.1) is 5.41 Å². The first kappa shape index (κ1) is 31.0. The van der Waals surface area contributed by atoms with Crippen LogP contribution in [-0.4, -0.2) is 71.8 Å². The van der Waals surface area contributed by atoms with Crippen molar-refractivity contribution >= 4 is 29.4 Å². The molecule has 0 unspecified atom stereocenters. The van der Waals surface area contributed by atoms with Gasteiger partial charge in [-0.15, -0.1) is 0 Å². The van der Waals surface area contributed by atoms with E-state index in [9.17, 15) is 24.3 Å². The van der Waals surface area contributed by atoms with Crippen LogP contribution in [0.2, 0.25) is 0 Å². The van der Waals surface area contributed by atoms with Crippen LogP contribution in [0.25, 0.3) is 0 Å². The Balaban J connectivity index is 2.07. The molecule has 1 saturated heterocycles. The third-order valence-corrected chi connectivity index (χ3v) is 6.48. The van der Waals surface area contributed by atoms with Gasteiger partial charge in [0.1, 0.15) is 24.5 Å². The van der Waals surface area contributed by atoms with E-state index in [4.69, 9.17) is 23.7 Å². The van der Waals surface area contributed by atoms with Crippen LogP contribution in [0.15, 0.2) is 46.7 Å². The Morgan fingerprint density at radius 3 is 2.17 bits per heavy atom. The maximum Gasteiger partial charge on any atom is 0.303 e. The predicted octanol–water partition coefficient (Wildman–Crippen LogP) is 3.39. The first-order valence-electron chi connectivity index (χ1n) is 13.1. The molecule has 1 aliphatic heterocycles. The highest BCUT2D eigenvalue weighted by molar-refractivity contribution is 6.22. The summed E-state index contributed by atoms with van der Waals surface area (Å²) in [5.41, 5.74) is 0.675. The van der Waals surface area contributed by atoms with E-state index in [1.165, 1.54) is 20.8 Å². The molecule has 0 amide bonds. The monoisotopic (exact) mass is 559 g/mol. The second-order valence-corrected chi connectivity index (χ2v) is 10.8. The minimum absolute atomic E-state index is 0.0776. The van der Waals surface area contributed by atoms with Crippen molar-refractivity contribution in [1.29, 1.82) is 0 Å². The summed E-state index contributed by atoms with van der Waals surface area (Å²) in [5, 5.41) is 10.8. The predicted molar refractivity (Wildman–Crippen MR) is 142 cm³/mol. The molecule has 0 spiro atoms. The Kier molecular flexibility index (Phi) is 10.2. The Hall–Kier alpha value is -3.57. The third kappa shape index (κ3) is 8.22. The molecular formula is C29H37NO10. The number of benzene rings is 1. The van der Waals surface area contributed by atoms with Crippen molar-refractivity contribution in [3.8, 4) is 0 Å². The molecule has 11 nitrogen and oxygen atoms in total. The van der Waals surface area contributed by atoms with Gasteiger partial charge >= 0.3 is 17.9 Å². The summed E-state index contributed by atoms with van der Waals surface area (Å²) in [6.45, 7) is 8.69. The van der Waals surface area contributed by atoms with Crippen LogP contribution >= 0.6 is 0 Å². The quantitative estimate of drug-likeness (QED) is 0.271. The van der Waals surface area contributed by atoms with Gasteiger partial charge in [-0.2, -0.15) is 0 Å². The van der Waals surface area contributed by atoms with Crippen molar-refractivity contribution < 1.29 is 48.0 Å². The van der Waals surface area contributed by atoms with Crippen LogP contribution in [0.4, 0.5) is 0 Å². The number of hydrogen-bond donors (Lipinski definition) is 1. The fourth-order valence-corrected chi connectivity index (χ4v) is 4.90. The highest BCUT2D eigenvalue weighted by Crippen LogP contribution is 2.37. The Morgan fingerprint density at radius 2 is 1.60 bits per heavy atom. The van der Waals surface area contributed by atoms with Crippen LogP contribution in [0.3, 0.4) is 0 Å². The van der Waals surface area contributed by atoms with E-state index < -0.39 is 54.0 Å².